The first-order chi connectivity index (χ1) is 10.8. The SMILES string of the molecule is O=c1c2c([nH]n1CCOc1ccc3ccccc3c1)CCC2. The van der Waals surface area contributed by atoms with Gasteiger partial charge in [-0.25, -0.2) is 4.68 Å². The lowest BCUT2D eigenvalue weighted by molar-refractivity contribution is 0.289. The maximum Gasteiger partial charge on any atom is 0.270 e. The molecule has 1 heterocycles. The highest BCUT2D eigenvalue weighted by atomic mass is 16.5. The first-order valence-corrected chi connectivity index (χ1v) is 7.73. The van der Waals surface area contributed by atoms with E-state index in [-0.39, 0.29) is 5.56 Å². The van der Waals surface area contributed by atoms with Gasteiger partial charge in [-0.15, -0.1) is 0 Å². The molecule has 0 saturated heterocycles. The highest BCUT2D eigenvalue weighted by molar-refractivity contribution is 5.83. The van der Waals surface area contributed by atoms with E-state index < -0.39 is 0 Å². The lowest BCUT2D eigenvalue weighted by Gasteiger charge is -2.08. The highest BCUT2D eigenvalue weighted by Gasteiger charge is 2.18. The third-order valence-corrected chi connectivity index (χ3v) is 4.30. The van der Waals surface area contributed by atoms with E-state index in [1.54, 1.807) is 4.68 Å². The number of hydrogen-bond donors (Lipinski definition) is 1. The van der Waals surface area contributed by atoms with Crippen molar-refractivity contribution < 1.29 is 4.74 Å². The molecule has 0 spiro atoms. The number of aromatic amines is 1. The minimum atomic E-state index is 0.120. The van der Waals surface area contributed by atoms with Crippen molar-refractivity contribution in [2.45, 2.75) is 25.8 Å². The van der Waals surface area contributed by atoms with Crippen molar-refractivity contribution in [1.29, 1.82) is 0 Å². The Hall–Kier alpha value is -2.49. The number of H-pyrrole nitrogens is 1. The molecule has 3 aromatic rings. The molecular formula is C18H18N2O2. The number of ether oxygens (including phenoxy) is 1. The van der Waals surface area contributed by atoms with Gasteiger partial charge < -0.3 is 4.74 Å². The summed E-state index contributed by atoms with van der Waals surface area (Å²) in [5.74, 6) is 0.839. The maximum atomic E-state index is 12.2. The number of benzene rings is 2. The summed E-state index contributed by atoms with van der Waals surface area (Å²) in [6.07, 6.45) is 2.98. The molecule has 1 aromatic heterocycles. The van der Waals surface area contributed by atoms with Crippen molar-refractivity contribution in [2.75, 3.05) is 6.61 Å². The molecule has 1 N–H and O–H groups in total. The summed E-state index contributed by atoms with van der Waals surface area (Å²) in [4.78, 5) is 12.2. The van der Waals surface area contributed by atoms with Crippen molar-refractivity contribution in [3.8, 4) is 5.75 Å². The lowest BCUT2D eigenvalue weighted by Crippen LogP contribution is -2.22. The second kappa shape index (κ2) is 5.37. The first kappa shape index (κ1) is 13.2. The van der Waals surface area contributed by atoms with Crippen LogP contribution in [0.3, 0.4) is 0 Å². The average Bonchev–Trinajstić information content (AvgIpc) is 3.11. The predicted octanol–water partition coefficient (Wildman–Crippen LogP) is 2.90. The second-order valence-electron chi connectivity index (χ2n) is 5.74. The Kier molecular flexibility index (Phi) is 3.22. The first-order valence-electron chi connectivity index (χ1n) is 7.73. The summed E-state index contributed by atoms with van der Waals surface area (Å²) >= 11 is 0. The Morgan fingerprint density at radius 3 is 2.82 bits per heavy atom. The van der Waals surface area contributed by atoms with Gasteiger partial charge in [0, 0.05) is 11.3 Å². The molecule has 112 valence electrons. The largest absolute Gasteiger partial charge is 0.492 e. The van der Waals surface area contributed by atoms with Crippen LogP contribution in [0.15, 0.2) is 47.3 Å². The molecule has 1 aliphatic carbocycles. The van der Waals surface area contributed by atoms with Gasteiger partial charge in [-0.3, -0.25) is 9.89 Å². The van der Waals surface area contributed by atoms with Crippen molar-refractivity contribution >= 4 is 10.8 Å². The molecule has 0 radical (unpaired) electrons. The Bertz CT molecular complexity index is 876. The monoisotopic (exact) mass is 294 g/mol. The molecule has 4 heteroatoms. The standard InChI is InChI=1S/C18H18N2O2/c21-18-16-6-3-7-17(16)19-20(18)10-11-22-15-9-8-13-4-1-2-5-14(13)12-15/h1-2,4-5,8-9,12,19H,3,6-7,10-11H2. The number of aromatic nitrogens is 2. The fourth-order valence-corrected chi connectivity index (χ4v) is 3.15. The number of rotatable bonds is 4. The van der Waals surface area contributed by atoms with Gasteiger partial charge in [0.15, 0.2) is 0 Å². The number of fused-ring (bicyclic) bond motifs is 2. The summed E-state index contributed by atoms with van der Waals surface area (Å²) in [6, 6.07) is 14.3. The molecule has 0 unspecified atom stereocenters. The minimum absolute atomic E-state index is 0.120. The third kappa shape index (κ3) is 2.30. The van der Waals surface area contributed by atoms with Crippen LogP contribution >= 0.6 is 0 Å². The smallest absolute Gasteiger partial charge is 0.270 e. The van der Waals surface area contributed by atoms with Gasteiger partial charge in [-0.05, 0) is 42.2 Å². The van der Waals surface area contributed by atoms with Crippen LogP contribution in [0.5, 0.6) is 5.75 Å². The number of nitrogens with zero attached hydrogens (tertiary/aromatic N) is 1. The number of nitrogens with one attached hydrogen (secondary N) is 1. The van der Waals surface area contributed by atoms with E-state index in [0.717, 1.165) is 41.7 Å². The van der Waals surface area contributed by atoms with Crippen LogP contribution in [0.2, 0.25) is 0 Å². The van der Waals surface area contributed by atoms with Gasteiger partial charge in [-0.2, -0.15) is 0 Å². The third-order valence-electron chi connectivity index (χ3n) is 4.30. The quantitative estimate of drug-likeness (QED) is 0.804. The molecule has 4 nitrogen and oxygen atoms in total. The summed E-state index contributed by atoms with van der Waals surface area (Å²) in [5, 5.41) is 5.57. The summed E-state index contributed by atoms with van der Waals surface area (Å²) in [7, 11) is 0. The molecule has 4 rings (SSSR count). The van der Waals surface area contributed by atoms with Crippen molar-refractivity contribution in [2.24, 2.45) is 0 Å². The Labute approximate surface area is 128 Å². The van der Waals surface area contributed by atoms with E-state index in [0.29, 0.717) is 13.2 Å². The molecule has 1 aliphatic rings. The zero-order valence-corrected chi connectivity index (χ0v) is 12.3. The lowest BCUT2D eigenvalue weighted by atomic mass is 10.1. The van der Waals surface area contributed by atoms with E-state index in [4.69, 9.17) is 4.74 Å². The predicted molar refractivity (Wildman–Crippen MR) is 86.5 cm³/mol. The van der Waals surface area contributed by atoms with Crippen molar-refractivity contribution in [1.82, 2.24) is 9.78 Å². The summed E-state index contributed by atoms with van der Waals surface area (Å²) in [6.45, 7) is 1.04. The van der Waals surface area contributed by atoms with Gasteiger partial charge in [0.1, 0.15) is 12.4 Å². The second-order valence-corrected chi connectivity index (χ2v) is 5.74. The van der Waals surface area contributed by atoms with Crippen molar-refractivity contribution in [3.63, 3.8) is 0 Å². The van der Waals surface area contributed by atoms with Gasteiger partial charge in [0.2, 0.25) is 0 Å². The van der Waals surface area contributed by atoms with Crippen LogP contribution < -0.4 is 10.3 Å². The molecule has 0 aliphatic heterocycles. The Balaban J connectivity index is 1.45. The van der Waals surface area contributed by atoms with Crippen LogP contribution in [0.25, 0.3) is 10.8 Å². The van der Waals surface area contributed by atoms with Crippen LogP contribution in [0.4, 0.5) is 0 Å². The van der Waals surface area contributed by atoms with E-state index in [2.05, 4.69) is 23.3 Å². The van der Waals surface area contributed by atoms with E-state index in [1.807, 2.05) is 24.3 Å². The molecule has 22 heavy (non-hydrogen) atoms. The molecule has 0 atom stereocenters. The minimum Gasteiger partial charge on any atom is -0.492 e. The van der Waals surface area contributed by atoms with E-state index in [9.17, 15) is 4.79 Å². The maximum absolute atomic E-state index is 12.2. The summed E-state index contributed by atoms with van der Waals surface area (Å²) in [5.41, 5.74) is 2.19. The van der Waals surface area contributed by atoms with Crippen molar-refractivity contribution in [3.05, 3.63) is 64.1 Å². The molecule has 2 aromatic carbocycles. The summed E-state index contributed by atoms with van der Waals surface area (Å²) < 4.78 is 7.47. The van der Waals surface area contributed by atoms with E-state index in [1.165, 1.54) is 5.39 Å². The normalized spacial score (nSPS) is 13.5. The van der Waals surface area contributed by atoms with Gasteiger partial charge in [0.25, 0.3) is 5.56 Å². The molecule has 0 fully saturated rings. The van der Waals surface area contributed by atoms with Gasteiger partial charge >= 0.3 is 0 Å². The molecule has 0 amide bonds. The zero-order chi connectivity index (χ0) is 14.9. The fraction of sp³-hybridized carbons (Fsp3) is 0.278. The highest BCUT2D eigenvalue weighted by Crippen LogP contribution is 2.20. The molecule has 0 bridgehead atoms. The van der Waals surface area contributed by atoms with Crippen LogP contribution in [-0.2, 0) is 19.4 Å². The van der Waals surface area contributed by atoms with Gasteiger partial charge in [-0.1, -0.05) is 30.3 Å². The Morgan fingerprint density at radius 2 is 1.95 bits per heavy atom. The van der Waals surface area contributed by atoms with E-state index >= 15 is 0 Å². The zero-order valence-electron chi connectivity index (χ0n) is 12.3. The Morgan fingerprint density at radius 1 is 1.09 bits per heavy atom. The van der Waals surface area contributed by atoms with Crippen LogP contribution in [0, 0.1) is 0 Å². The van der Waals surface area contributed by atoms with Crippen LogP contribution in [0.1, 0.15) is 17.7 Å². The molecule has 0 saturated carbocycles. The fourth-order valence-electron chi connectivity index (χ4n) is 3.15. The average molecular weight is 294 g/mol. The van der Waals surface area contributed by atoms with Gasteiger partial charge in [0.05, 0.1) is 6.54 Å². The topological polar surface area (TPSA) is 47.0 Å². The molecular weight excluding hydrogens is 276 g/mol. The number of aryl methyl sites for hydroxylation is 1. The number of hydrogen-bond acceptors (Lipinski definition) is 2. The van der Waals surface area contributed by atoms with Crippen LogP contribution in [-0.4, -0.2) is 16.4 Å².